The lowest BCUT2D eigenvalue weighted by Crippen LogP contribution is -2.18. The molecule has 0 saturated carbocycles. The highest BCUT2D eigenvalue weighted by Gasteiger charge is 2.32. The summed E-state index contributed by atoms with van der Waals surface area (Å²) in [5.41, 5.74) is -0.157. The summed E-state index contributed by atoms with van der Waals surface area (Å²) < 4.78 is 70.6. The van der Waals surface area contributed by atoms with Gasteiger partial charge in [-0.2, -0.15) is 5.10 Å². The van der Waals surface area contributed by atoms with Crippen molar-refractivity contribution in [2.24, 2.45) is 7.05 Å². The highest BCUT2D eigenvalue weighted by molar-refractivity contribution is 7.89. The average molecular weight is 392 g/mol. The Labute approximate surface area is 147 Å². The van der Waals surface area contributed by atoms with Gasteiger partial charge in [-0.15, -0.1) is 13.2 Å². The first kappa shape index (κ1) is 19.8. The van der Waals surface area contributed by atoms with Crippen molar-refractivity contribution in [1.29, 1.82) is 0 Å². The zero-order valence-electron chi connectivity index (χ0n) is 14.0. The summed E-state index contributed by atoms with van der Waals surface area (Å²) in [6.07, 6.45) is -2.81. The van der Waals surface area contributed by atoms with Gasteiger partial charge in [0.15, 0.2) is 15.6 Å². The Morgan fingerprint density at radius 2 is 1.92 bits per heavy atom. The number of hydrogen-bond donors (Lipinski definition) is 0. The summed E-state index contributed by atoms with van der Waals surface area (Å²) in [6, 6.07) is 2.90. The highest BCUT2D eigenvalue weighted by atomic mass is 32.2. The van der Waals surface area contributed by atoms with Gasteiger partial charge in [0.1, 0.15) is 11.3 Å². The largest absolute Gasteiger partial charge is 0.573 e. The number of carbonyl (C=O) groups is 1. The standard InChI is InChI=1S/C15H15F3N2O5S/c1-20-14(24-2)12(7-19-20)13(21)11-5-4-10(25-15(16,17)18)6-9(11)8-26(3,22)23/h4-7H,8H2,1-3H3. The van der Waals surface area contributed by atoms with Crippen molar-refractivity contribution in [3.8, 4) is 11.6 Å². The lowest BCUT2D eigenvalue weighted by molar-refractivity contribution is -0.274. The molecule has 0 N–H and O–H groups in total. The van der Waals surface area contributed by atoms with Crippen LogP contribution in [0.15, 0.2) is 24.4 Å². The van der Waals surface area contributed by atoms with Crippen LogP contribution in [0.5, 0.6) is 11.6 Å². The number of aryl methyl sites for hydroxylation is 1. The molecule has 1 aromatic carbocycles. The van der Waals surface area contributed by atoms with E-state index in [4.69, 9.17) is 4.74 Å². The molecule has 0 atom stereocenters. The van der Waals surface area contributed by atoms with Crippen LogP contribution in [0.4, 0.5) is 13.2 Å². The SMILES string of the molecule is COc1c(C(=O)c2ccc(OC(F)(F)F)cc2CS(C)(=O)=O)cnn1C. The van der Waals surface area contributed by atoms with Crippen LogP contribution in [-0.4, -0.2) is 43.7 Å². The Bertz CT molecular complexity index is 935. The van der Waals surface area contributed by atoms with Gasteiger partial charge in [0, 0.05) is 18.9 Å². The zero-order valence-corrected chi connectivity index (χ0v) is 14.8. The van der Waals surface area contributed by atoms with Crippen LogP contribution >= 0.6 is 0 Å². The quantitative estimate of drug-likeness (QED) is 0.700. The van der Waals surface area contributed by atoms with Crippen molar-refractivity contribution in [2.45, 2.75) is 12.1 Å². The van der Waals surface area contributed by atoms with Crippen molar-refractivity contribution in [3.63, 3.8) is 0 Å². The molecule has 0 bridgehead atoms. The molecule has 0 spiro atoms. The number of hydrogen-bond acceptors (Lipinski definition) is 6. The first-order valence-corrected chi connectivity index (χ1v) is 9.14. The molecule has 1 aromatic heterocycles. The highest BCUT2D eigenvalue weighted by Crippen LogP contribution is 2.29. The minimum absolute atomic E-state index is 0.0502. The maximum absolute atomic E-state index is 12.8. The number of ketones is 1. The smallest absolute Gasteiger partial charge is 0.481 e. The minimum atomic E-state index is -4.94. The average Bonchev–Trinajstić information content (AvgIpc) is 2.84. The molecule has 2 rings (SSSR count). The van der Waals surface area contributed by atoms with Crippen LogP contribution in [-0.2, 0) is 22.6 Å². The summed E-state index contributed by atoms with van der Waals surface area (Å²) in [4.78, 5) is 12.8. The van der Waals surface area contributed by atoms with Crippen LogP contribution in [0.2, 0.25) is 0 Å². The molecule has 26 heavy (non-hydrogen) atoms. The van der Waals surface area contributed by atoms with E-state index < -0.39 is 33.5 Å². The van der Waals surface area contributed by atoms with Gasteiger partial charge in [-0.1, -0.05) is 0 Å². The Balaban J connectivity index is 2.54. The van der Waals surface area contributed by atoms with Gasteiger partial charge in [0.05, 0.1) is 19.1 Å². The molecule has 0 fully saturated rings. The molecule has 1 heterocycles. The van der Waals surface area contributed by atoms with Crippen molar-refractivity contribution in [2.75, 3.05) is 13.4 Å². The van der Waals surface area contributed by atoms with E-state index in [-0.39, 0.29) is 22.6 Å². The first-order valence-electron chi connectivity index (χ1n) is 7.08. The summed E-state index contributed by atoms with van der Waals surface area (Å²) >= 11 is 0. The van der Waals surface area contributed by atoms with E-state index >= 15 is 0 Å². The molecule has 11 heteroatoms. The fourth-order valence-corrected chi connectivity index (χ4v) is 3.16. The molecular weight excluding hydrogens is 377 g/mol. The third-order valence-electron chi connectivity index (χ3n) is 3.29. The van der Waals surface area contributed by atoms with Crippen LogP contribution in [0.25, 0.3) is 0 Å². The van der Waals surface area contributed by atoms with E-state index in [1.165, 1.54) is 25.0 Å². The van der Waals surface area contributed by atoms with Gasteiger partial charge in [-0.25, -0.2) is 13.1 Å². The van der Waals surface area contributed by atoms with Gasteiger partial charge in [0.25, 0.3) is 0 Å². The second kappa shape index (κ2) is 6.98. The second-order valence-corrected chi connectivity index (χ2v) is 7.60. The van der Waals surface area contributed by atoms with Gasteiger partial charge < -0.3 is 9.47 Å². The van der Waals surface area contributed by atoms with E-state index in [0.29, 0.717) is 0 Å². The van der Waals surface area contributed by atoms with E-state index in [9.17, 15) is 26.4 Å². The normalized spacial score (nSPS) is 12.1. The van der Waals surface area contributed by atoms with Gasteiger partial charge in [-0.05, 0) is 23.8 Å². The van der Waals surface area contributed by atoms with Gasteiger partial charge >= 0.3 is 6.36 Å². The molecule has 0 aliphatic rings. The summed E-state index contributed by atoms with van der Waals surface area (Å²) in [7, 11) is -0.768. The van der Waals surface area contributed by atoms with Crippen molar-refractivity contribution < 1.29 is 35.9 Å². The van der Waals surface area contributed by atoms with Crippen LogP contribution < -0.4 is 9.47 Å². The number of alkyl halides is 3. The monoisotopic (exact) mass is 392 g/mol. The fourth-order valence-electron chi connectivity index (χ4n) is 2.36. The van der Waals surface area contributed by atoms with Gasteiger partial charge in [0.2, 0.25) is 5.88 Å². The number of aromatic nitrogens is 2. The maximum atomic E-state index is 12.8. The molecule has 0 amide bonds. The van der Waals surface area contributed by atoms with Gasteiger partial charge in [-0.3, -0.25) is 4.79 Å². The van der Waals surface area contributed by atoms with Crippen molar-refractivity contribution in [3.05, 3.63) is 41.1 Å². The molecule has 0 aliphatic carbocycles. The van der Waals surface area contributed by atoms with Crippen molar-refractivity contribution >= 4 is 15.6 Å². The minimum Gasteiger partial charge on any atom is -0.481 e. The molecule has 0 aliphatic heterocycles. The van der Waals surface area contributed by atoms with Crippen LogP contribution in [0, 0.1) is 0 Å². The molecule has 7 nitrogen and oxygen atoms in total. The lowest BCUT2D eigenvalue weighted by Gasteiger charge is -2.13. The molecule has 0 saturated heterocycles. The molecule has 2 aromatic rings. The zero-order chi connectivity index (χ0) is 19.7. The number of nitrogens with zero attached hydrogens (tertiary/aromatic N) is 2. The number of carbonyl (C=O) groups excluding carboxylic acids is 1. The third kappa shape index (κ3) is 4.75. The Kier molecular flexibility index (Phi) is 5.31. The van der Waals surface area contributed by atoms with E-state index in [1.807, 2.05) is 0 Å². The number of rotatable bonds is 6. The number of methoxy groups -OCH3 is 1. The summed E-state index contributed by atoms with van der Waals surface area (Å²) in [5, 5.41) is 3.88. The number of halogens is 3. The van der Waals surface area contributed by atoms with Crippen LogP contribution in [0.1, 0.15) is 21.5 Å². The van der Waals surface area contributed by atoms with E-state index in [0.717, 1.165) is 24.5 Å². The van der Waals surface area contributed by atoms with E-state index in [1.54, 1.807) is 0 Å². The molecule has 0 radical (unpaired) electrons. The third-order valence-corrected chi connectivity index (χ3v) is 4.13. The molecular formula is C15H15F3N2O5S. The Hall–Kier alpha value is -2.56. The molecule has 142 valence electrons. The Morgan fingerprint density at radius 3 is 2.46 bits per heavy atom. The topological polar surface area (TPSA) is 87.5 Å². The Morgan fingerprint density at radius 1 is 1.27 bits per heavy atom. The summed E-state index contributed by atoms with van der Waals surface area (Å²) in [6.45, 7) is 0. The van der Waals surface area contributed by atoms with Crippen LogP contribution in [0.3, 0.4) is 0 Å². The number of benzene rings is 1. The maximum Gasteiger partial charge on any atom is 0.573 e. The van der Waals surface area contributed by atoms with E-state index in [2.05, 4.69) is 9.84 Å². The molecule has 0 unspecified atom stereocenters. The lowest BCUT2D eigenvalue weighted by atomic mass is 10.0. The predicted molar refractivity (Wildman–Crippen MR) is 84.9 cm³/mol. The van der Waals surface area contributed by atoms with Crippen molar-refractivity contribution in [1.82, 2.24) is 9.78 Å². The second-order valence-electron chi connectivity index (χ2n) is 5.46. The summed E-state index contributed by atoms with van der Waals surface area (Å²) in [5.74, 6) is -1.75. The number of ether oxygens (including phenoxy) is 2. The number of sulfone groups is 1. The first-order chi connectivity index (χ1) is 11.9. The predicted octanol–water partition coefficient (Wildman–Crippen LogP) is 2.10. The fraction of sp³-hybridized carbons (Fsp3) is 0.333.